The number of anilines is 1. The molecule has 0 aliphatic carbocycles. The van der Waals surface area contributed by atoms with E-state index in [0.717, 1.165) is 11.1 Å². The van der Waals surface area contributed by atoms with E-state index in [1.165, 1.54) is 15.3 Å². The lowest BCUT2D eigenvalue weighted by atomic mass is 10.1. The molecule has 0 saturated carbocycles. The molecule has 1 aliphatic rings. The number of ether oxygens (including phenoxy) is 2. The lowest BCUT2D eigenvalue weighted by molar-refractivity contribution is -0.128. The standard InChI is InChI=1S/C35H37N3O6S/c1-3-43-31-19-18-29(22-26(31)2)45(41,42)37(23-28-14-8-5-9-15-28)25-34(39)38-24-33(44-32-17-11-10-16-30(32)38)35(40)36-21-20-27-12-6-4-7-13-27/h4-19,22,33H,3,20-21,23-25H2,1-2H3,(H,36,40). The molecule has 45 heavy (non-hydrogen) atoms. The Morgan fingerprint density at radius 3 is 2.29 bits per heavy atom. The number of carbonyl (C=O) groups excluding carboxylic acids is 2. The number of carbonyl (C=O) groups is 2. The second-order valence-electron chi connectivity index (χ2n) is 10.7. The van der Waals surface area contributed by atoms with Crippen molar-refractivity contribution >= 4 is 27.5 Å². The third kappa shape index (κ3) is 7.71. The SMILES string of the molecule is CCOc1ccc(S(=O)(=O)N(CC(=O)N2CC(C(=O)NCCc3ccccc3)Oc3ccccc32)Cc2ccccc2)cc1C. The number of hydrogen-bond donors (Lipinski definition) is 1. The molecule has 1 aliphatic heterocycles. The van der Waals surface area contributed by atoms with E-state index in [4.69, 9.17) is 9.47 Å². The van der Waals surface area contributed by atoms with Crippen LogP contribution in [0.5, 0.6) is 11.5 Å². The van der Waals surface area contributed by atoms with Gasteiger partial charge >= 0.3 is 0 Å². The lowest BCUT2D eigenvalue weighted by Crippen LogP contribution is -2.53. The molecule has 0 fully saturated rings. The minimum absolute atomic E-state index is 0.0173. The van der Waals surface area contributed by atoms with Crippen LogP contribution >= 0.6 is 0 Å². The Hall–Kier alpha value is -4.67. The number of nitrogens with zero attached hydrogens (tertiary/aromatic N) is 2. The van der Waals surface area contributed by atoms with Gasteiger partial charge in [-0.2, -0.15) is 4.31 Å². The van der Waals surface area contributed by atoms with Gasteiger partial charge in [0.1, 0.15) is 11.5 Å². The quantitative estimate of drug-likeness (QED) is 0.243. The molecule has 4 aromatic rings. The van der Waals surface area contributed by atoms with Crippen molar-refractivity contribution in [2.45, 2.75) is 37.8 Å². The maximum absolute atomic E-state index is 14.1. The topological polar surface area (TPSA) is 105 Å². The molecule has 1 unspecified atom stereocenters. The van der Waals surface area contributed by atoms with Crippen molar-refractivity contribution in [3.05, 3.63) is 120 Å². The molecule has 9 nitrogen and oxygen atoms in total. The van der Waals surface area contributed by atoms with Crippen LogP contribution < -0.4 is 19.7 Å². The predicted octanol–water partition coefficient (Wildman–Crippen LogP) is 4.74. The number of benzene rings is 4. The number of amides is 2. The van der Waals surface area contributed by atoms with Crippen molar-refractivity contribution in [2.75, 3.05) is 31.1 Å². The molecule has 0 aromatic heterocycles. The average molecular weight is 628 g/mol. The van der Waals surface area contributed by atoms with E-state index in [1.807, 2.05) is 67.6 Å². The first-order valence-corrected chi connectivity index (χ1v) is 16.4. The monoisotopic (exact) mass is 627 g/mol. The number of fused-ring (bicyclic) bond motifs is 1. The predicted molar refractivity (Wildman–Crippen MR) is 173 cm³/mol. The number of nitrogens with one attached hydrogen (secondary N) is 1. The van der Waals surface area contributed by atoms with E-state index in [-0.39, 0.29) is 23.9 Å². The van der Waals surface area contributed by atoms with Crippen molar-refractivity contribution < 1.29 is 27.5 Å². The van der Waals surface area contributed by atoms with Crippen LogP contribution in [0.2, 0.25) is 0 Å². The summed E-state index contributed by atoms with van der Waals surface area (Å²) in [5, 5.41) is 2.91. The fraction of sp³-hybridized carbons (Fsp3) is 0.257. The fourth-order valence-electron chi connectivity index (χ4n) is 5.19. The van der Waals surface area contributed by atoms with Gasteiger partial charge in [-0.25, -0.2) is 8.42 Å². The third-order valence-corrected chi connectivity index (χ3v) is 9.31. The van der Waals surface area contributed by atoms with E-state index < -0.39 is 28.6 Å². The highest BCUT2D eigenvalue weighted by Gasteiger charge is 2.36. The molecule has 4 aromatic carbocycles. The van der Waals surface area contributed by atoms with Crippen molar-refractivity contribution in [2.24, 2.45) is 0 Å². The van der Waals surface area contributed by atoms with Crippen LogP contribution in [0.25, 0.3) is 0 Å². The lowest BCUT2D eigenvalue weighted by Gasteiger charge is -2.35. The molecular weight excluding hydrogens is 590 g/mol. The first-order chi connectivity index (χ1) is 21.8. The number of para-hydroxylation sites is 2. The molecule has 234 valence electrons. The average Bonchev–Trinajstić information content (AvgIpc) is 3.05. The van der Waals surface area contributed by atoms with Crippen molar-refractivity contribution in [1.29, 1.82) is 0 Å². The fourth-order valence-corrected chi connectivity index (χ4v) is 6.66. The Balaban J connectivity index is 1.38. The van der Waals surface area contributed by atoms with Gasteiger partial charge < -0.3 is 19.7 Å². The van der Waals surface area contributed by atoms with Crippen molar-refractivity contribution in [1.82, 2.24) is 9.62 Å². The van der Waals surface area contributed by atoms with Gasteiger partial charge in [0, 0.05) is 13.1 Å². The highest BCUT2D eigenvalue weighted by Crippen LogP contribution is 2.34. The molecule has 10 heteroatoms. The molecule has 1 atom stereocenters. The maximum Gasteiger partial charge on any atom is 0.262 e. The van der Waals surface area contributed by atoms with Crippen LogP contribution in [0.4, 0.5) is 5.69 Å². The summed E-state index contributed by atoms with van der Waals surface area (Å²) in [6.07, 6.45) is -0.317. The Morgan fingerprint density at radius 2 is 1.60 bits per heavy atom. The number of sulfonamides is 1. The van der Waals surface area contributed by atoms with Crippen LogP contribution in [0.15, 0.2) is 108 Å². The maximum atomic E-state index is 14.1. The van der Waals surface area contributed by atoms with Crippen LogP contribution in [0.3, 0.4) is 0 Å². The summed E-state index contributed by atoms with van der Waals surface area (Å²) in [6.45, 7) is 3.98. The second-order valence-corrected chi connectivity index (χ2v) is 12.7. The third-order valence-electron chi connectivity index (χ3n) is 7.52. The largest absolute Gasteiger partial charge is 0.494 e. The van der Waals surface area contributed by atoms with Gasteiger partial charge in [-0.3, -0.25) is 9.59 Å². The smallest absolute Gasteiger partial charge is 0.262 e. The summed E-state index contributed by atoms with van der Waals surface area (Å²) >= 11 is 0. The molecular formula is C35H37N3O6S. The van der Waals surface area contributed by atoms with Gasteiger partial charge in [-0.15, -0.1) is 0 Å². The van der Waals surface area contributed by atoms with Crippen molar-refractivity contribution in [3.8, 4) is 11.5 Å². The van der Waals surface area contributed by atoms with Crippen molar-refractivity contribution in [3.63, 3.8) is 0 Å². The Bertz CT molecular complexity index is 1730. The van der Waals surface area contributed by atoms with Crippen LogP contribution in [-0.4, -0.2) is 56.9 Å². The molecule has 0 bridgehead atoms. The van der Waals surface area contributed by atoms with Gasteiger partial charge in [0.05, 0.1) is 30.3 Å². The molecule has 2 amide bonds. The Labute approximate surface area is 264 Å². The molecule has 0 saturated heterocycles. The normalized spacial score (nSPS) is 14.4. The molecule has 1 N–H and O–H groups in total. The first kappa shape index (κ1) is 31.7. The Morgan fingerprint density at radius 1 is 0.933 bits per heavy atom. The van der Waals surface area contributed by atoms with Crippen LogP contribution in [-0.2, 0) is 32.6 Å². The summed E-state index contributed by atoms with van der Waals surface area (Å²) < 4.78 is 40.9. The molecule has 0 spiro atoms. The zero-order valence-electron chi connectivity index (χ0n) is 25.4. The van der Waals surface area contributed by atoms with E-state index in [2.05, 4.69) is 5.32 Å². The van der Waals surface area contributed by atoms with Gasteiger partial charge in [0.15, 0.2) is 6.10 Å². The van der Waals surface area contributed by atoms with Gasteiger partial charge in [0.25, 0.3) is 5.91 Å². The summed E-state index contributed by atoms with van der Waals surface area (Å²) in [5.41, 5.74) is 2.97. The first-order valence-electron chi connectivity index (χ1n) is 14.9. The zero-order valence-corrected chi connectivity index (χ0v) is 26.2. The van der Waals surface area contributed by atoms with Crippen LogP contribution in [0, 0.1) is 6.92 Å². The minimum Gasteiger partial charge on any atom is -0.494 e. The molecule has 5 rings (SSSR count). The second kappa shape index (κ2) is 14.4. The number of rotatable bonds is 12. The highest BCUT2D eigenvalue weighted by atomic mass is 32.2. The van der Waals surface area contributed by atoms with Gasteiger partial charge in [0.2, 0.25) is 15.9 Å². The van der Waals surface area contributed by atoms with E-state index >= 15 is 0 Å². The summed E-state index contributed by atoms with van der Waals surface area (Å²) in [4.78, 5) is 28.7. The minimum atomic E-state index is -4.11. The van der Waals surface area contributed by atoms with Gasteiger partial charge in [-0.05, 0) is 67.3 Å². The summed E-state index contributed by atoms with van der Waals surface area (Å²) in [6, 6.07) is 30.6. The molecule has 1 heterocycles. The Kier molecular flexibility index (Phi) is 10.2. The number of hydrogen-bond acceptors (Lipinski definition) is 6. The van der Waals surface area contributed by atoms with E-state index in [1.54, 1.807) is 43.3 Å². The highest BCUT2D eigenvalue weighted by molar-refractivity contribution is 7.89. The number of aryl methyl sites for hydroxylation is 1. The summed E-state index contributed by atoms with van der Waals surface area (Å²) in [7, 11) is -4.11. The van der Waals surface area contributed by atoms with E-state index in [9.17, 15) is 18.0 Å². The zero-order chi connectivity index (χ0) is 31.8. The van der Waals surface area contributed by atoms with E-state index in [0.29, 0.717) is 42.3 Å². The summed E-state index contributed by atoms with van der Waals surface area (Å²) in [5.74, 6) is 0.145. The molecule has 0 radical (unpaired) electrons. The van der Waals surface area contributed by atoms with Crippen LogP contribution in [0.1, 0.15) is 23.6 Å². The van der Waals surface area contributed by atoms with Gasteiger partial charge in [-0.1, -0.05) is 72.8 Å².